The summed E-state index contributed by atoms with van der Waals surface area (Å²) in [7, 11) is 0. The first-order valence-corrected chi connectivity index (χ1v) is 9.54. The number of carbonyl (C=O) groups is 1. The van der Waals surface area contributed by atoms with Crippen molar-refractivity contribution < 1.29 is 19.4 Å². The lowest BCUT2D eigenvalue weighted by atomic mass is 9.70. The summed E-state index contributed by atoms with van der Waals surface area (Å²) in [5.41, 5.74) is 3.27. The van der Waals surface area contributed by atoms with Crippen LogP contribution in [-0.2, 0) is 4.74 Å². The van der Waals surface area contributed by atoms with Crippen LogP contribution in [0.25, 0.3) is 0 Å². The monoisotopic (exact) mass is 366 g/mol. The fourth-order valence-corrected chi connectivity index (χ4v) is 4.52. The molecule has 2 aliphatic heterocycles. The van der Waals surface area contributed by atoms with Crippen LogP contribution >= 0.6 is 0 Å². The standard InChI is InChI=1S/C23H26O4/c1-13-5-7-15(8-6-13)17-12-19-21(26-14(17)2)18-11-16(22(24)25)9-10-20(18)27-23(19,3)4/h5-11,14,17,19,21H,12H2,1-4H3,(H,24,25)/t14-,17-,19-,21+/m0/s1. The summed E-state index contributed by atoms with van der Waals surface area (Å²) in [6.07, 6.45) is 0.836. The van der Waals surface area contributed by atoms with Crippen LogP contribution in [0.4, 0.5) is 0 Å². The smallest absolute Gasteiger partial charge is 0.335 e. The third-order valence-electron chi connectivity index (χ3n) is 6.14. The minimum Gasteiger partial charge on any atom is -0.487 e. The van der Waals surface area contributed by atoms with Crippen LogP contribution in [-0.4, -0.2) is 22.8 Å². The molecule has 0 aliphatic carbocycles. The number of aryl methyl sites for hydroxylation is 1. The number of hydrogen-bond donors (Lipinski definition) is 1. The zero-order chi connectivity index (χ0) is 19.3. The zero-order valence-electron chi connectivity index (χ0n) is 16.2. The Morgan fingerprint density at radius 1 is 1.15 bits per heavy atom. The van der Waals surface area contributed by atoms with E-state index in [9.17, 15) is 9.90 Å². The van der Waals surface area contributed by atoms with Gasteiger partial charge in [-0.05, 0) is 57.9 Å². The van der Waals surface area contributed by atoms with Crippen LogP contribution in [0, 0.1) is 12.8 Å². The third-order valence-corrected chi connectivity index (χ3v) is 6.14. The average Bonchev–Trinajstić information content (AvgIpc) is 2.61. The maximum absolute atomic E-state index is 11.4. The molecule has 0 saturated carbocycles. The van der Waals surface area contributed by atoms with Gasteiger partial charge in [-0.15, -0.1) is 0 Å². The van der Waals surface area contributed by atoms with Crippen LogP contribution in [0.2, 0.25) is 0 Å². The van der Waals surface area contributed by atoms with Gasteiger partial charge in [0.2, 0.25) is 0 Å². The zero-order valence-corrected chi connectivity index (χ0v) is 16.2. The van der Waals surface area contributed by atoms with E-state index in [0.717, 1.165) is 17.7 Å². The fraction of sp³-hybridized carbons (Fsp3) is 0.435. The van der Waals surface area contributed by atoms with Gasteiger partial charge in [0.1, 0.15) is 11.4 Å². The molecular weight excluding hydrogens is 340 g/mol. The minimum atomic E-state index is -0.930. The van der Waals surface area contributed by atoms with E-state index in [0.29, 0.717) is 5.92 Å². The summed E-state index contributed by atoms with van der Waals surface area (Å²) in [6, 6.07) is 13.7. The highest BCUT2D eigenvalue weighted by atomic mass is 16.5. The van der Waals surface area contributed by atoms with E-state index in [1.54, 1.807) is 18.2 Å². The predicted octanol–water partition coefficient (Wildman–Crippen LogP) is 5.11. The van der Waals surface area contributed by atoms with Crippen LogP contribution in [0.3, 0.4) is 0 Å². The molecular formula is C23H26O4. The number of aromatic carboxylic acids is 1. The lowest BCUT2D eigenvalue weighted by Gasteiger charge is -2.50. The Balaban J connectivity index is 1.72. The Morgan fingerprint density at radius 3 is 2.52 bits per heavy atom. The molecule has 0 amide bonds. The topological polar surface area (TPSA) is 55.8 Å². The molecule has 0 radical (unpaired) electrons. The molecule has 4 rings (SSSR count). The molecule has 4 atom stereocenters. The van der Waals surface area contributed by atoms with E-state index in [1.165, 1.54) is 11.1 Å². The number of fused-ring (bicyclic) bond motifs is 3. The maximum Gasteiger partial charge on any atom is 0.335 e. The lowest BCUT2D eigenvalue weighted by molar-refractivity contribution is -0.153. The first-order valence-electron chi connectivity index (χ1n) is 9.54. The van der Waals surface area contributed by atoms with E-state index in [2.05, 4.69) is 52.0 Å². The fourth-order valence-electron chi connectivity index (χ4n) is 4.52. The highest BCUT2D eigenvalue weighted by Gasteiger charge is 2.49. The molecule has 4 heteroatoms. The molecule has 0 unspecified atom stereocenters. The molecule has 2 aromatic rings. The van der Waals surface area contributed by atoms with Crippen LogP contribution < -0.4 is 4.74 Å². The van der Waals surface area contributed by atoms with Crippen molar-refractivity contribution in [1.29, 1.82) is 0 Å². The SMILES string of the molecule is Cc1ccc([C@H]2C[C@H]3[C@H](O[C@H]2C)c2cc(C(=O)O)ccc2OC3(C)C)cc1. The Hall–Kier alpha value is -2.33. The summed E-state index contributed by atoms with van der Waals surface area (Å²) in [5, 5.41) is 9.37. The van der Waals surface area contributed by atoms with Gasteiger partial charge in [-0.25, -0.2) is 4.79 Å². The second-order valence-electron chi connectivity index (χ2n) is 8.38. The molecule has 142 valence electrons. The first-order chi connectivity index (χ1) is 12.8. The van der Waals surface area contributed by atoms with Crippen molar-refractivity contribution in [1.82, 2.24) is 0 Å². The van der Waals surface area contributed by atoms with Crippen LogP contribution in [0.15, 0.2) is 42.5 Å². The van der Waals surface area contributed by atoms with E-state index in [4.69, 9.17) is 9.47 Å². The van der Waals surface area contributed by atoms with E-state index >= 15 is 0 Å². The molecule has 2 aromatic carbocycles. The van der Waals surface area contributed by atoms with Gasteiger partial charge >= 0.3 is 5.97 Å². The number of hydrogen-bond acceptors (Lipinski definition) is 3. The molecule has 27 heavy (non-hydrogen) atoms. The maximum atomic E-state index is 11.4. The third kappa shape index (κ3) is 3.12. The van der Waals surface area contributed by atoms with E-state index < -0.39 is 5.97 Å². The Kier molecular flexibility index (Phi) is 4.26. The van der Waals surface area contributed by atoms with Gasteiger partial charge in [0, 0.05) is 17.4 Å². The number of benzene rings is 2. The average molecular weight is 366 g/mol. The highest BCUT2D eigenvalue weighted by Crippen LogP contribution is 2.53. The van der Waals surface area contributed by atoms with Gasteiger partial charge < -0.3 is 14.6 Å². The van der Waals surface area contributed by atoms with Gasteiger partial charge in [0.05, 0.1) is 17.8 Å². The van der Waals surface area contributed by atoms with E-state index in [-0.39, 0.29) is 29.3 Å². The van der Waals surface area contributed by atoms with Crippen molar-refractivity contribution in [3.8, 4) is 5.75 Å². The predicted molar refractivity (Wildman–Crippen MR) is 103 cm³/mol. The van der Waals surface area contributed by atoms with Crippen LogP contribution in [0.5, 0.6) is 5.75 Å². The first kappa shape index (κ1) is 18.1. The van der Waals surface area contributed by atoms with Gasteiger partial charge in [-0.1, -0.05) is 29.8 Å². The minimum absolute atomic E-state index is 0.0455. The summed E-state index contributed by atoms with van der Waals surface area (Å²) in [6.45, 7) is 8.41. The molecule has 0 bridgehead atoms. The normalized spacial score (nSPS) is 28.6. The summed E-state index contributed by atoms with van der Waals surface area (Å²) < 4.78 is 12.8. The van der Waals surface area contributed by atoms with Crippen molar-refractivity contribution in [3.63, 3.8) is 0 Å². The van der Waals surface area contributed by atoms with Gasteiger partial charge in [-0.2, -0.15) is 0 Å². The van der Waals surface area contributed by atoms with Gasteiger partial charge in [-0.3, -0.25) is 0 Å². The molecule has 1 N–H and O–H groups in total. The van der Waals surface area contributed by atoms with Crippen molar-refractivity contribution >= 4 is 5.97 Å². The molecule has 0 spiro atoms. The van der Waals surface area contributed by atoms with E-state index in [1.807, 2.05) is 0 Å². The molecule has 2 heterocycles. The Labute approximate surface area is 160 Å². The summed E-state index contributed by atoms with van der Waals surface area (Å²) >= 11 is 0. The van der Waals surface area contributed by atoms with Crippen molar-refractivity contribution in [2.75, 3.05) is 0 Å². The van der Waals surface area contributed by atoms with Crippen molar-refractivity contribution in [2.24, 2.45) is 5.92 Å². The van der Waals surface area contributed by atoms with Crippen molar-refractivity contribution in [3.05, 3.63) is 64.7 Å². The molecule has 1 fully saturated rings. The molecule has 0 aromatic heterocycles. The van der Waals surface area contributed by atoms with Crippen molar-refractivity contribution in [2.45, 2.75) is 57.8 Å². The molecule has 2 aliphatic rings. The largest absolute Gasteiger partial charge is 0.487 e. The lowest BCUT2D eigenvalue weighted by Crippen LogP contribution is -2.50. The highest BCUT2D eigenvalue weighted by molar-refractivity contribution is 5.88. The Bertz CT molecular complexity index is 868. The number of rotatable bonds is 2. The molecule has 4 nitrogen and oxygen atoms in total. The number of ether oxygens (including phenoxy) is 2. The van der Waals surface area contributed by atoms with Gasteiger partial charge in [0.15, 0.2) is 0 Å². The van der Waals surface area contributed by atoms with Crippen LogP contribution in [0.1, 0.15) is 66.3 Å². The molecule has 1 saturated heterocycles. The summed E-state index contributed by atoms with van der Waals surface area (Å²) in [5.74, 6) is 0.239. The Morgan fingerprint density at radius 2 is 1.85 bits per heavy atom. The second-order valence-corrected chi connectivity index (χ2v) is 8.38. The quantitative estimate of drug-likeness (QED) is 0.802. The number of carboxylic acid groups (broad SMARTS) is 1. The number of carboxylic acids is 1. The summed E-state index contributed by atoms with van der Waals surface area (Å²) in [4.78, 5) is 11.4. The second kappa shape index (κ2) is 6.38. The van der Waals surface area contributed by atoms with Gasteiger partial charge in [0.25, 0.3) is 0 Å².